The fourth-order valence-electron chi connectivity index (χ4n) is 5.65. The van der Waals surface area contributed by atoms with Crippen LogP contribution in [0.1, 0.15) is 124 Å². The maximum Gasteiger partial charge on any atom is 0.410 e. The van der Waals surface area contributed by atoms with Crippen LogP contribution < -0.4 is 16.5 Å². The second-order valence-corrected chi connectivity index (χ2v) is 15.0. The normalized spacial score (nSPS) is 18.2. The number of hydrogen-bond acceptors (Lipinski definition) is 8. The van der Waals surface area contributed by atoms with E-state index in [0.29, 0.717) is 63.0 Å². The number of primary amides is 1. The first-order valence-corrected chi connectivity index (χ1v) is 19.1. The maximum atomic E-state index is 13.3. The van der Waals surface area contributed by atoms with Gasteiger partial charge in [-0.15, -0.1) is 0 Å². The average molecular weight is 752 g/mol. The summed E-state index contributed by atoms with van der Waals surface area (Å²) in [7, 11) is 1.32. The van der Waals surface area contributed by atoms with Crippen molar-refractivity contribution in [1.29, 1.82) is 0 Å². The summed E-state index contributed by atoms with van der Waals surface area (Å²) in [5, 5.41) is 2.63. The molecule has 3 aliphatic rings. The van der Waals surface area contributed by atoms with Gasteiger partial charge in [0.1, 0.15) is 17.5 Å². The van der Waals surface area contributed by atoms with Crippen molar-refractivity contribution in [2.24, 2.45) is 23.5 Å². The number of amides is 5. The van der Waals surface area contributed by atoms with Crippen LogP contribution in [0.3, 0.4) is 0 Å². The molecule has 4 N–H and O–H groups in total. The fraction of sp³-hybridized carbons (Fsp3) is 0.718. The molecule has 2 heterocycles. The molecule has 0 radical (unpaired) electrons. The van der Waals surface area contributed by atoms with E-state index in [2.05, 4.69) is 36.3 Å². The average Bonchev–Trinajstić information content (AvgIpc) is 3.47. The lowest BCUT2D eigenvalue weighted by atomic mass is 10.1. The standard InChI is InChI=1S/C15H29NO2.C10H10FNO2.C8H17NO2.C6H10N2O2/c1-4-5-6-7-8-9-13-10-14(13)15(17)16-18-11-12(2)3;1-14-10(13)12-5-7-3-2-4-9(11)8(7)6-12;1-5-6-9-7(10)11-8(2,3)4;7-6(10)5-2-1-3-8(5)4-9/h12-14H,4-11H2,1-3H3,(H,16,17);2-4H,5-6H2,1H3;5-6H2,1-4H3,(H,9,10);4-5H,1-3H2,(H2,7,10). The number of nitrogens with zero attached hydrogens (tertiary/aromatic N) is 2. The molecule has 53 heavy (non-hydrogen) atoms. The molecule has 0 aromatic heterocycles. The minimum atomic E-state index is -0.416. The lowest BCUT2D eigenvalue weighted by Crippen LogP contribution is -2.39. The molecule has 3 unspecified atom stereocenters. The summed E-state index contributed by atoms with van der Waals surface area (Å²) in [6.07, 6.45) is 11.3. The van der Waals surface area contributed by atoms with Gasteiger partial charge < -0.3 is 25.4 Å². The van der Waals surface area contributed by atoms with Gasteiger partial charge >= 0.3 is 12.2 Å². The topological polar surface area (TPSA) is 170 Å². The van der Waals surface area contributed by atoms with E-state index in [1.807, 2.05) is 33.8 Å². The van der Waals surface area contributed by atoms with E-state index in [1.54, 1.807) is 6.07 Å². The number of nitrogens with two attached hydrogens (primary N) is 1. The quantitative estimate of drug-likeness (QED) is 0.108. The Morgan fingerprint density at radius 1 is 1.06 bits per heavy atom. The molecule has 1 aromatic rings. The van der Waals surface area contributed by atoms with Gasteiger partial charge in [0.2, 0.25) is 18.2 Å². The smallest absolute Gasteiger partial charge is 0.410 e. The van der Waals surface area contributed by atoms with Crippen molar-refractivity contribution in [2.75, 3.05) is 26.8 Å². The number of alkyl carbamates (subject to hydrolysis) is 1. The number of benzene rings is 1. The van der Waals surface area contributed by atoms with Crippen molar-refractivity contribution in [2.45, 2.75) is 137 Å². The zero-order valence-corrected chi connectivity index (χ0v) is 33.3. The van der Waals surface area contributed by atoms with Crippen molar-refractivity contribution in [3.8, 4) is 0 Å². The van der Waals surface area contributed by atoms with E-state index in [-0.39, 0.29) is 29.8 Å². The molecule has 0 spiro atoms. The van der Waals surface area contributed by atoms with Gasteiger partial charge in [-0.3, -0.25) is 24.1 Å². The molecule has 1 saturated heterocycles. The summed E-state index contributed by atoms with van der Waals surface area (Å²) >= 11 is 0. The van der Waals surface area contributed by atoms with Crippen molar-refractivity contribution in [3.05, 3.63) is 35.1 Å². The summed E-state index contributed by atoms with van der Waals surface area (Å²) in [5.74, 6) is 0.740. The Morgan fingerprint density at radius 2 is 1.75 bits per heavy atom. The molecule has 1 aliphatic carbocycles. The maximum absolute atomic E-state index is 13.3. The van der Waals surface area contributed by atoms with Crippen LogP contribution in [0.5, 0.6) is 0 Å². The van der Waals surface area contributed by atoms with Gasteiger partial charge in [0.15, 0.2) is 0 Å². The SMILES string of the molecule is CCCCCCCC1CC1C(=O)NOCC(C)C.CCCNC(=O)OC(C)(C)C.COC(=O)N1Cc2cccc(F)c2C1.NC(=O)C1CCCN1C=O. The van der Waals surface area contributed by atoms with Crippen LogP contribution in [0.4, 0.5) is 14.0 Å². The summed E-state index contributed by atoms with van der Waals surface area (Å²) in [5.41, 5.74) is 8.66. The van der Waals surface area contributed by atoms with E-state index in [9.17, 15) is 28.4 Å². The second kappa shape index (κ2) is 25.1. The van der Waals surface area contributed by atoms with Gasteiger partial charge in [0.25, 0.3) is 0 Å². The Hall–Kier alpha value is -3.94. The number of carbonyl (C=O) groups excluding carboxylic acids is 5. The Bertz CT molecular complexity index is 1270. The summed E-state index contributed by atoms with van der Waals surface area (Å²) < 4.78 is 22.8. The first-order chi connectivity index (χ1) is 25.1. The van der Waals surface area contributed by atoms with E-state index in [4.69, 9.17) is 15.3 Å². The number of carbonyl (C=O) groups is 5. The molecule has 1 aromatic carbocycles. The Labute approximate surface area is 316 Å². The van der Waals surface area contributed by atoms with Crippen LogP contribution in [-0.2, 0) is 41.8 Å². The molecule has 14 heteroatoms. The molecule has 1 saturated carbocycles. The third kappa shape index (κ3) is 19.6. The van der Waals surface area contributed by atoms with E-state index < -0.39 is 17.6 Å². The number of likely N-dealkylation sites (tertiary alicyclic amines) is 1. The predicted molar refractivity (Wildman–Crippen MR) is 201 cm³/mol. The molecule has 5 amide bonds. The number of unbranched alkanes of at least 4 members (excludes halogenated alkanes) is 4. The molecular weight excluding hydrogens is 685 g/mol. The third-order valence-corrected chi connectivity index (χ3v) is 8.56. The van der Waals surface area contributed by atoms with Crippen molar-refractivity contribution in [3.63, 3.8) is 0 Å². The Kier molecular flexibility index (Phi) is 22.3. The molecule has 13 nitrogen and oxygen atoms in total. The van der Waals surface area contributed by atoms with Crippen molar-refractivity contribution >= 4 is 30.4 Å². The summed E-state index contributed by atoms with van der Waals surface area (Å²) in [6, 6.07) is 4.52. The minimum Gasteiger partial charge on any atom is -0.453 e. The number of fused-ring (bicyclic) bond motifs is 1. The second-order valence-electron chi connectivity index (χ2n) is 15.0. The molecule has 2 aliphatic heterocycles. The van der Waals surface area contributed by atoms with E-state index >= 15 is 0 Å². The van der Waals surface area contributed by atoms with Crippen LogP contribution in [0.2, 0.25) is 0 Å². The van der Waals surface area contributed by atoms with Crippen molar-refractivity contribution in [1.82, 2.24) is 20.6 Å². The zero-order valence-electron chi connectivity index (χ0n) is 33.3. The highest BCUT2D eigenvalue weighted by Gasteiger charge is 2.42. The first-order valence-electron chi connectivity index (χ1n) is 19.1. The van der Waals surface area contributed by atoms with Gasteiger partial charge in [-0.25, -0.2) is 19.5 Å². The Balaban J connectivity index is 0.000000363. The number of halogens is 1. The Morgan fingerprint density at radius 3 is 2.30 bits per heavy atom. The summed E-state index contributed by atoms with van der Waals surface area (Å²) in [6.45, 7) is 16.6. The highest BCUT2D eigenvalue weighted by atomic mass is 19.1. The predicted octanol–water partition coefficient (Wildman–Crippen LogP) is 6.61. The molecular formula is C39H66FN5O8. The fourth-order valence-corrected chi connectivity index (χ4v) is 5.65. The van der Waals surface area contributed by atoms with E-state index in [1.165, 1.54) is 61.5 Å². The molecule has 0 bridgehead atoms. The lowest BCUT2D eigenvalue weighted by molar-refractivity contribution is -0.136. The van der Waals surface area contributed by atoms with Gasteiger partial charge in [0, 0.05) is 31.1 Å². The van der Waals surface area contributed by atoms with Gasteiger partial charge in [0.05, 0.1) is 20.3 Å². The minimum absolute atomic E-state index is 0.0919. The molecule has 302 valence electrons. The number of hydroxylamine groups is 1. The number of methoxy groups -OCH3 is 1. The van der Waals surface area contributed by atoms with Crippen LogP contribution in [-0.4, -0.2) is 78.7 Å². The number of ether oxygens (including phenoxy) is 2. The van der Waals surface area contributed by atoms with Gasteiger partial charge in [-0.1, -0.05) is 71.9 Å². The largest absolute Gasteiger partial charge is 0.453 e. The lowest BCUT2D eigenvalue weighted by Gasteiger charge is -2.19. The van der Waals surface area contributed by atoms with Crippen LogP contribution >= 0.6 is 0 Å². The molecule has 2 fully saturated rings. The number of rotatable bonds is 14. The van der Waals surface area contributed by atoms with Crippen LogP contribution in [0.25, 0.3) is 0 Å². The van der Waals surface area contributed by atoms with Crippen LogP contribution in [0.15, 0.2) is 18.2 Å². The first kappa shape index (κ1) is 47.1. The highest BCUT2D eigenvalue weighted by molar-refractivity contribution is 5.82. The highest BCUT2D eigenvalue weighted by Crippen LogP contribution is 2.42. The third-order valence-electron chi connectivity index (χ3n) is 8.56. The van der Waals surface area contributed by atoms with E-state index in [0.717, 1.165) is 24.8 Å². The number of nitrogens with one attached hydrogen (secondary N) is 2. The number of hydrogen-bond donors (Lipinski definition) is 3. The summed E-state index contributed by atoms with van der Waals surface area (Å²) in [4.78, 5) is 62.7. The van der Waals surface area contributed by atoms with Gasteiger partial charge in [-0.05, 0) is 76.3 Å². The van der Waals surface area contributed by atoms with Gasteiger partial charge in [-0.2, -0.15) is 0 Å². The zero-order chi connectivity index (χ0) is 40.0. The monoisotopic (exact) mass is 751 g/mol. The van der Waals surface area contributed by atoms with Crippen LogP contribution in [0, 0.1) is 23.6 Å². The van der Waals surface area contributed by atoms with Crippen molar-refractivity contribution < 1.29 is 42.7 Å². The molecule has 4 rings (SSSR count). The molecule has 3 atom stereocenters.